The molecule has 1 aromatic carbocycles. The van der Waals surface area contributed by atoms with Crippen molar-refractivity contribution in [3.63, 3.8) is 0 Å². The van der Waals surface area contributed by atoms with Crippen LogP contribution in [0.15, 0.2) is 18.2 Å². The molecule has 0 aliphatic heterocycles. The van der Waals surface area contributed by atoms with Crippen molar-refractivity contribution in [2.24, 2.45) is 17.8 Å². The number of imide groups is 1. The standard InChI is InChI=1S/C22H25Cl2N3O5/c23-16-2-1-15(6-17(16)24)20(30)25-10-19(29)32-11-18(28)26-21(31)27-22-7-12-3-13(8-22)5-14(4-12)9-22/h1-2,6,12-14H,3-5,7-11H2,(H,25,30)(H2,26,27,28,31). The number of halogens is 2. The van der Waals surface area contributed by atoms with Gasteiger partial charge in [0, 0.05) is 11.1 Å². The molecular formula is C22H25Cl2N3O5. The van der Waals surface area contributed by atoms with Gasteiger partial charge in [0.1, 0.15) is 6.54 Å². The highest BCUT2D eigenvalue weighted by atomic mass is 35.5. The second kappa shape index (κ2) is 9.27. The minimum atomic E-state index is -0.810. The van der Waals surface area contributed by atoms with Crippen molar-refractivity contribution in [2.45, 2.75) is 44.1 Å². The Hall–Kier alpha value is -2.32. The molecule has 172 valence electrons. The summed E-state index contributed by atoms with van der Waals surface area (Å²) in [6.45, 7) is -1.05. The summed E-state index contributed by atoms with van der Waals surface area (Å²) in [7, 11) is 0. The van der Waals surface area contributed by atoms with Gasteiger partial charge in [0.2, 0.25) is 0 Å². The van der Waals surface area contributed by atoms with E-state index in [4.69, 9.17) is 27.9 Å². The van der Waals surface area contributed by atoms with Crippen molar-refractivity contribution in [3.05, 3.63) is 33.8 Å². The summed E-state index contributed by atoms with van der Waals surface area (Å²) in [5.74, 6) is -0.0849. The molecule has 4 fully saturated rings. The number of amides is 4. The molecule has 32 heavy (non-hydrogen) atoms. The van der Waals surface area contributed by atoms with Crippen molar-refractivity contribution in [2.75, 3.05) is 13.2 Å². The van der Waals surface area contributed by atoms with Gasteiger partial charge in [-0.1, -0.05) is 23.2 Å². The molecule has 8 nitrogen and oxygen atoms in total. The van der Waals surface area contributed by atoms with Gasteiger partial charge in [-0.2, -0.15) is 0 Å². The first-order valence-electron chi connectivity index (χ1n) is 10.7. The van der Waals surface area contributed by atoms with E-state index < -0.39 is 37.0 Å². The number of rotatable bonds is 6. The maximum atomic E-state index is 12.3. The van der Waals surface area contributed by atoms with E-state index in [0.717, 1.165) is 19.3 Å². The molecule has 4 amide bonds. The van der Waals surface area contributed by atoms with Crippen LogP contribution in [0.2, 0.25) is 10.0 Å². The van der Waals surface area contributed by atoms with Crippen molar-refractivity contribution in [1.29, 1.82) is 0 Å². The summed E-state index contributed by atoms with van der Waals surface area (Å²) in [6.07, 6.45) is 6.65. The molecule has 4 saturated carbocycles. The second-order valence-corrected chi connectivity index (χ2v) is 9.99. The van der Waals surface area contributed by atoms with Crippen LogP contribution in [-0.2, 0) is 14.3 Å². The largest absolute Gasteiger partial charge is 0.454 e. The Labute approximate surface area is 195 Å². The van der Waals surface area contributed by atoms with Crippen LogP contribution in [-0.4, -0.2) is 42.5 Å². The zero-order chi connectivity index (χ0) is 22.9. The predicted molar refractivity (Wildman–Crippen MR) is 117 cm³/mol. The van der Waals surface area contributed by atoms with Crippen LogP contribution in [0.25, 0.3) is 0 Å². The van der Waals surface area contributed by atoms with Crippen LogP contribution in [0.4, 0.5) is 4.79 Å². The minimum Gasteiger partial charge on any atom is -0.454 e. The average Bonchev–Trinajstić information content (AvgIpc) is 2.71. The first-order valence-corrected chi connectivity index (χ1v) is 11.5. The molecule has 10 heteroatoms. The fraction of sp³-hybridized carbons (Fsp3) is 0.545. The molecular weight excluding hydrogens is 457 g/mol. The number of benzene rings is 1. The SMILES string of the molecule is O=C(COC(=O)CNC(=O)c1ccc(Cl)c(Cl)c1)NC(=O)NC12CC3CC(CC(C3)C1)C2. The number of carbonyl (C=O) groups excluding carboxylic acids is 4. The summed E-state index contributed by atoms with van der Waals surface area (Å²) >= 11 is 11.7. The van der Waals surface area contributed by atoms with E-state index in [1.807, 2.05) is 0 Å². The normalized spacial score (nSPS) is 27.5. The van der Waals surface area contributed by atoms with Gasteiger partial charge >= 0.3 is 12.0 Å². The molecule has 4 aliphatic carbocycles. The van der Waals surface area contributed by atoms with Crippen LogP contribution in [0.3, 0.4) is 0 Å². The number of hydrogen-bond donors (Lipinski definition) is 3. The van der Waals surface area contributed by atoms with E-state index in [-0.39, 0.29) is 16.1 Å². The van der Waals surface area contributed by atoms with Gasteiger partial charge in [0.15, 0.2) is 6.61 Å². The molecule has 0 heterocycles. The van der Waals surface area contributed by atoms with Crippen molar-refractivity contribution in [1.82, 2.24) is 16.0 Å². The average molecular weight is 482 g/mol. The van der Waals surface area contributed by atoms with Crippen LogP contribution in [0.1, 0.15) is 48.9 Å². The minimum absolute atomic E-state index is 0.213. The van der Waals surface area contributed by atoms with E-state index in [2.05, 4.69) is 16.0 Å². The molecule has 1 aromatic rings. The lowest BCUT2D eigenvalue weighted by atomic mass is 9.53. The smallest absolute Gasteiger partial charge is 0.325 e. The van der Waals surface area contributed by atoms with E-state index in [9.17, 15) is 19.2 Å². The van der Waals surface area contributed by atoms with Crippen molar-refractivity contribution < 1.29 is 23.9 Å². The third kappa shape index (κ3) is 5.35. The predicted octanol–water partition coefficient (Wildman–Crippen LogP) is 3.06. The quantitative estimate of drug-likeness (QED) is 0.540. The summed E-state index contributed by atoms with van der Waals surface area (Å²) in [5, 5.41) is 8.14. The van der Waals surface area contributed by atoms with Gasteiger partial charge < -0.3 is 15.4 Å². The zero-order valence-corrected chi connectivity index (χ0v) is 18.9. The molecule has 0 spiro atoms. The summed E-state index contributed by atoms with van der Waals surface area (Å²) in [5.41, 5.74) is 0.0104. The summed E-state index contributed by atoms with van der Waals surface area (Å²) < 4.78 is 4.83. The molecule has 5 rings (SSSR count). The van der Waals surface area contributed by atoms with Gasteiger partial charge in [-0.25, -0.2) is 4.79 Å². The second-order valence-electron chi connectivity index (χ2n) is 9.17. The lowest BCUT2D eigenvalue weighted by molar-refractivity contribution is -0.147. The fourth-order valence-corrected chi connectivity index (χ4v) is 6.09. The number of esters is 1. The van der Waals surface area contributed by atoms with Gasteiger partial charge in [-0.15, -0.1) is 0 Å². The van der Waals surface area contributed by atoms with Crippen molar-refractivity contribution in [3.8, 4) is 0 Å². The highest BCUT2D eigenvalue weighted by Crippen LogP contribution is 2.55. The van der Waals surface area contributed by atoms with E-state index >= 15 is 0 Å². The lowest BCUT2D eigenvalue weighted by Gasteiger charge is -2.56. The van der Waals surface area contributed by atoms with E-state index in [1.54, 1.807) is 0 Å². The van der Waals surface area contributed by atoms with Crippen LogP contribution in [0, 0.1) is 17.8 Å². The van der Waals surface area contributed by atoms with Gasteiger partial charge in [-0.3, -0.25) is 19.7 Å². The van der Waals surface area contributed by atoms with E-state index in [1.165, 1.54) is 37.5 Å². The Morgan fingerprint density at radius 2 is 1.59 bits per heavy atom. The molecule has 3 N–H and O–H groups in total. The van der Waals surface area contributed by atoms with Crippen molar-refractivity contribution >= 4 is 47.0 Å². The lowest BCUT2D eigenvalue weighted by Crippen LogP contribution is -2.62. The number of carbonyl (C=O) groups is 4. The monoisotopic (exact) mass is 481 g/mol. The number of hydrogen-bond acceptors (Lipinski definition) is 5. The van der Waals surface area contributed by atoms with Gasteiger partial charge in [0.05, 0.1) is 10.0 Å². The van der Waals surface area contributed by atoms with Crippen LogP contribution in [0.5, 0.6) is 0 Å². The first kappa shape index (κ1) is 22.9. The molecule has 4 bridgehead atoms. The molecule has 0 aromatic heterocycles. The third-order valence-corrected chi connectivity index (χ3v) is 7.35. The first-order chi connectivity index (χ1) is 15.2. The fourth-order valence-electron chi connectivity index (χ4n) is 5.79. The van der Waals surface area contributed by atoms with Crippen LogP contribution >= 0.6 is 23.2 Å². The Bertz CT molecular complexity index is 916. The van der Waals surface area contributed by atoms with Gasteiger partial charge in [0.25, 0.3) is 11.8 Å². The Morgan fingerprint density at radius 1 is 0.969 bits per heavy atom. The van der Waals surface area contributed by atoms with E-state index in [0.29, 0.717) is 22.8 Å². The molecule has 4 aliphatic rings. The molecule has 0 atom stereocenters. The zero-order valence-electron chi connectivity index (χ0n) is 17.4. The highest BCUT2D eigenvalue weighted by Gasteiger charge is 2.51. The maximum Gasteiger partial charge on any atom is 0.325 e. The molecule has 0 saturated heterocycles. The Balaban J connectivity index is 1.17. The molecule has 0 unspecified atom stereocenters. The molecule has 0 radical (unpaired) electrons. The number of ether oxygens (including phenoxy) is 1. The number of urea groups is 1. The third-order valence-electron chi connectivity index (χ3n) is 6.61. The number of nitrogens with one attached hydrogen (secondary N) is 3. The Morgan fingerprint density at radius 3 is 2.19 bits per heavy atom. The summed E-state index contributed by atoms with van der Waals surface area (Å²) in [6, 6.07) is 3.75. The Kier molecular flexibility index (Phi) is 6.62. The summed E-state index contributed by atoms with van der Waals surface area (Å²) in [4.78, 5) is 48.2. The van der Waals surface area contributed by atoms with Crippen LogP contribution < -0.4 is 16.0 Å². The maximum absolute atomic E-state index is 12.3. The highest BCUT2D eigenvalue weighted by molar-refractivity contribution is 6.42. The van der Waals surface area contributed by atoms with Gasteiger partial charge in [-0.05, 0) is 74.5 Å². The topological polar surface area (TPSA) is 114 Å².